The molecule has 0 aromatic rings. The highest BCUT2D eigenvalue weighted by Crippen LogP contribution is 1.35. The zero-order chi connectivity index (χ0) is 6.41. The summed E-state index contributed by atoms with van der Waals surface area (Å²) >= 11 is 0. The van der Waals surface area contributed by atoms with Gasteiger partial charge in [-0.3, -0.25) is 0 Å². The van der Waals surface area contributed by atoms with E-state index in [1.54, 1.807) is 0 Å². The summed E-state index contributed by atoms with van der Waals surface area (Å²) < 4.78 is 0. The van der Waals surface area contributed by atoms with Crippen molar-refractivity contribution in [2.45, 2.75) is 0 Å². The summed E-state index contributed by atoms with van der Waals surface area (Å²) in [5.41, 5.74) is 7.53. The Balaban J connectivity index is 2.92. The molecule has 0 aliphatic carbocycles. The van der Waals surface area contributed by atoms with E-state index in [1.807, 2.05) is 0 Å². The van der Waals surface area contributed by atoms with Crippen LogP contribution >= 0.6 is 0 Å². The maximum atomic E-state index is 3.77. The molecule has 3 nitrogen and oxygen atoms in total. The van der Waals surface area contributed by atoms with Crippen LogP contribution < -0.4 is 16.4 Å². The highest BCUT2D eigenvalue weighted by molar-refractivity contribution is 4.18. The van der Waals surface area contributed by atoms with Crippen molar-refractivity contribution >= 4 is 0 Å². The van der Waals surface area contributed by atoms with Crippen LogP contribution in [0.2, 0.25) is 0 Å². The second kappa shape index (κ2) is 5.03. The SMILES string of the molecule is C[NH+](CC[NH3+])CC[NH3+]. The third kappa shape index (κ3) is 4.05. The fourth-order valence-corrected chi connectivity index (χ4v) is 0.729. The van der Waals surface area contributed by atoms with Crippen molar-refractivity contribution in [3.05, 3.63) is 0 Å². The van der Waals surface area contributed by atoms with Crippen molar-refractivity contribution in [1.29, 1.82) is 0 Å². The van der Waals surface area contributed by atoms with E-state index in [9.17, 15) is 0 Å². The minimum Gasteiger partial charge on any atom is -0.353 e. The van der Waals surface area contributed by atoms with Crippen LogP contribution in [0.25, 0.3) is 0 Å². The van der Waals surface area contributed by atoms with Gasteiger partial charge in [0.05, 0.1) is 7.05 Å². The molecule has 0 radical (unpaired) electrons. The Hall–Kier alpha value is -0.120. The summed E-state index contributed by atoms with van der Waals surface area (Å²) in [4.78, 5) is 1.54. The highest BCUT2D eigenvalue weighted by atomic mass is 15.1. The summed E-state index contributed by atoms with van der Waals surface area (Å²) in [6.07, 6.45) is 0. The maximum absolute atomic E-state index is 3.77. The normalized spacial score (nSPS) is 10.5. The van der Waals surface area contributed by atoms with E-state index in [2.05, 4.69) is 18.5 Å². The molecular formula is C5H18N3+3. The largest absolute Gasteiger partial charge is 0.353 e. The van der Waals surface area contributed by atoms with Crippen LogP contribution in [0.1, 0.15) is 0 Å². The van der Waals surface area contributed by atoms with E-state index >= 15 is 0 Å². The standard InChI is InChI=1S/C5H15N3/c1-8(4-2-6)5-3-7/h2-7H2,1H3/p+3. The molecule has 0 aliphatic rings. The summed E-state index contributed by atoms with van der Waals surface area (Å²) in [6.45, 7) is 4.42. The lowest BCUT2D eigenvalue weighted by Crippen LogP contribution is -3.12. The molecule has 0 fully saturated rings. The molecule has 0 rings (SSSR count). The molecule has 0 atom stereocenters. The van der Waals surface area contributed by atoms with Crippen LogP contribution in [0.4, 0.5) is 0 Å². The second-order valence-electron chi connectivity index (χ2n) is 2.16. The van der Waals surface area contributed by atoms with Crippen LogP contribution in [-0.2, 0) is 0 Å². The van der Waals surface area contributed by atoms with Gasteiger partial charge in [-0.1, -0.05) is 0 Å². The van der Waals surface area contributed by atoms with Crippen molar-refractivity contribution < 1.29 is 16.4 Å². The van der Waals surface area contributed by atoms with Crippen molar-refractivity contribution in [2.75, 3.05) is 33.2 Å². The predicted octanol–water partition coefficient (Wildman–Crippen LogP) is -4.02. The topological polar surface area (TPSA) is 59.7 Å². The first-order valence-electron chi connectivity index (χ1n) is 3.21. The Labute approximate surface area is 50.6 Å². The molecule has 0 spiro atoms. The van der Waals surface area contributed by atoms with E-state index < -0.39 is 0 Å². The predicted molar refractivity (Wildman–Crippen MR) is 32.1 cm³/mol. The molecule has 0 aromatic carbocycles. The van der Waals surface area contributed by atoms with Gasteiger partial charge in [-0.15, -0.1) is 0 Å². The van der Waals surface area contributed by atoms with Crippen LogP contribution in [-0.4, -0.2) is 33.2 Å². The molecule has 0 heterocycles. The lowest BCUT2D eigenvalue weighted by atomic mass is 10.5. The van der Waals surface area contributed by atoms with Gasteiger partial charge >= 0.3 is 0 Å². The number of hydrogen-bond donors (Lipinski definition) is 3. The summed E-state index contributed by atoms with van der Waals surface area (Å²) in [7, 11) is 2.18. The number of likely N-dealkylation sites (N-methyl/N-ethyl adjacent to an activating group) is 1. The van der Waals surface area contributed by atoms with Gasteiger partial charge in [0.15, 0.2) is 0 Å². The van der Waals surface area contributed by atoms with E-state index in [0.29, 0.717) is 0 Å². The van der Waals surface area contributed by atoms with Crippen molar-refractivity contribution in [1.82, 2.24) is 0 Å². The Kier molecular flexibility index (Phi) is 4.95. The molecule has 0 unspecified atom stereocenters. The van der Waals surface area contributed by atoms with Gasteiger partial charge in [-0.2, -0.15) is 0 Å². The fourth-order valence-electron chi connectivity index (χ4n) is 0.729. The fraction of sp³-hybridized carbons (Fsp3) is 1.00. The molecule has 0 amide bonds. The first-order valence-corrected chi connectivity index (χ1v) is 3.21. The van der Waals surface area contributed by atoms with E-state index in [-0.39, 0.29) is 0 Å². The second-order valence-corrected chi connectivity index (χ2v) is 2.16. The van der Waals surface area contributed by atoms with Crippen LogP contribution in [0.5, 0.6) is 0 Å². The summed E-state index contributed by atoms with van der Waals surface area (Å²) in [5.74, 6) is 0. The monoisotopic (exact) mass is 120 g/mol. The quantitative estimate of drug-likeness (QED) is 0.338. The van der Waals surface area contributed by atoms with E-state index in [1.165, 1.54) is 18.0 Å². The Morgan fingerprint density at radius 2 is 1.50 bits per heavy atom. The number of rotatable bonds is 4. The van der Waals surface area contributed by atoms with Gasteiger partial charge in [0.25, 0.3) is 0 Å². The van der Waals surface area contributed by atoms with Crippen molar-refractivity contribution in [2.24, 2.45) is 0 Å². The number of hydrogen-bond acceptors (Lipinski definition) is 0. The summed E-state index contributed by atoms with van der Waals surface area (Å²) in [6, 6.07) is 0. The minimum absolute atomic E-state index is 1.03. The van der Waals surface area contributed by atoms with Crippen LogP contribution in [0.15, 0.2) is 0 Å². The zero-order valence-electron chi connectivity index (χ0n) is 5.74. The van der Waals surface area contributed by atoms with Crippen LogP contribution in [0.3, 0.4) is 0 Å². The first-order chi connectivity index (χ1) is 3.81. The van der Waals surface area contributed by atoms with Gasteiger partial charge in [0.2, 0.25) is 0 Å². The average molecular weight is 120 g/mol. The molecule has 50 valence electrons. The Morgan fingerprint density at radius 3 is 1.75 bits per heavy atom. The minimum atomic E-state index is 1.03. The first kappa shape index (κ1) is 7.88. The van der Waals surface area contributed by atoms with Gasteiger partial charge in [-0.25, -0.2) is 0 Å². The van der Waals surface area contributed by atoms with E-state index in [0.717, 1.165) is 13.1 Å². The highest BCUT2D eigenvalue weighted by Gasteiger charge is 1.97. The maximum Gasteiger partial charge on any atom is 0.127 e. The van der Waals surface area contributed by atoms with Crippen molar-refractivity contribution in [3.63, 3.8) is 0 Å². The molecule has 8 heavy (non-hydrogen) atoms. The third-order valence-electron chi connectivity index (χ3n) is 1.21. The molecular weight excluding hydrogens is 102 g/mol. The number of quaternary nitrogens is 3. The van der Waals surface area contributed by atoms with E-state index in [4.69, 9.17) is 0 Å². The van der Waals surface area contributed by atoms with Gasteiger partial charge in [-0.05, 0) is 0 Å². The smallest absolute Gasteiger partial charge is 0.127 e. The molecule has 7 N–H and O–H groups in total. The molecule has 3 heteroatoms. The third-order valence-corrected chi connectivity index (χ3v) is 1.21. The zero-order valence-corrected chi connectivity index (χ0v) is 5.74. The van der Waals surface area contributed by atoms with Crippen LogP contribution in [0, 0.1) is 0 Å². The molecule has 0 saturated heterocycles. The average Bonchev–Trinajstić information content (AvgIpc) is 1.68. The van der Waals surface area contributed by atoms with Gasteiger partial charge in [0, 0.05) is 0 Å². The van der Waals surface area contributed by atoms with Gasteiger partial charge in [0.1, 0.15) is 26.2 Å². The Morgan fingerprint density at radius 1 is 1.12 bits per heavy atom. The lowest BCUT2D eigenvalue weighted by molar-refractivity contribution is -0.890. The molecule has 0 bridgehead atoms. The number of nitrogens with one attached hydrogen (secondary N) is 1. The van der Waals surface area contributed by atoms with Crippen molar-refractivity contribution in [3.8, 4) is 0 Å². The Bertz CT molecular complexity index is 40.9. The lowest BCUT2D eigenvalue weighted by Gasteiger charge is -2.07. The molecule has 0 saturated carbocycles. The summed E-state index contributed by atoms with van der Waals surface area (Å²) in [5, 5.41) is 0. The molecule has 0 aromatic heterocycles. The molecule has 0 aliphatic heterocycles. The van der Waals surface area contributed by atoms with Gasteiger partial charge < -0.3 is 16.4 Å².